The Kier molecular flexibility index (Phi) is 5.17. The lowest BCUT2D eigenvalue weighted by atomic mass is 10.2. The molecule has 1 aromatic heterocycles. The maximum absolute atomic E-state index is 12.0. The molecule has 4 nitrogen and oxygen atoms in total. The molecule has 0 unspecified atom stereocenters. The zero-order valence-corrected chi connectivity index (χ0v) is 11.1. The summed E-state index contributed by atoms with van der Waals surface area (Å²) in [5.74, 6) is -0.339. The standard InChI is InChI=1S/C14H17F2N3O/c15-13(16)1-2-14(20)19-9-7-18(8-10-19)11-12-3-5-17-6-4-12/h1-6,13H,7-11H2/b2-1+. The summed E-state index contributed by atoms with van der Waals surface area (Å²) in [5.41, 5.74) is 1.18. The van der Waals surface area contributed by atoms with Crippen molar-refractivity contribution in [1.82, 2.24) is 14.8 Å². The fourth-order valence-corrected chi connectivity index (χ4v) is 2.13. The van der Waals surface area contributed by atoms with E-state index in [-0.39, 0.29) is 5.91 Å². The summed E-state index contributed by atoms with van der Waals surface area (Å²) in [7, 11) is 0. The van der Waals surface area contributed by atoms with Crippen LogP contribution in [0.2, 0.25) is 0 Å². The number of aromatic nitrogens is 1. The smallest absolute Gasteiger partial charge is 0.257 e. The number of piperazine rings is 1. The minimum absolute atomic E-state index is 0.339. The summed E-state index contributed by atoms with van der Waals surface area (Å²) in [6, 6.07) is 3.92. The van der Waals surface area contributed by atoms with E-state index in [0.29, 0.717) is 19.2 Å². The number of hydrogen-bond donors (Lipinski definition) is 0. The van der Waals surface area contributed by atoms with Crippen LogP contribution in [0.1, 0.15) is 5.56 Å². The maximum atomic E-state index is 12.0. The summed E-state index contributed by atoms with van der Waals surface area (Å²) in [5, 5.41) is 0. The number of hydrogen-bond acceptors (Lipinski definition) is 3. The summed E-state index contributed by atoms with van der Waals surface area (Å²) in [6.07, 6.45) is 2.52. The Morgan fingerprint density at radius 2 is 1.90 bits per heavy atom. The zero-order valence-electron chi connectivity index (χ0n) is 11.1. The monoisotopic (exact) mass is 281 g/mol. The van der Waals surface area contributed by atoms with Gasteiger partial charge in [-0.15, -0.1) is 0 Å². The molecule has 0 aromatic carbocycles. The lowest BCUT2D eigenvalue weighted by Crippen LogP contribution is -2.47. The Balaban J connectivity index is 1.79. The van der Waals surface area contributed by atoms with E-state index >= 15 is 0 Å². The van der Waals surface area contributed by atoms with Gasteiger partial charge in [-0.1, -0.05) is 0 Å². The Labute approximate surface area is 116 Å². The molecule has 0 saturated carbocycles. The number of carbonyl (C=O) groups is 1. The van der Waals surface area contributed by atoms with Gasteiger partial charge in [-0.25, -0.2) is 8.78 Å². The van der Waals surface area contributed by atoms with Crippen molar-refractivity contribution < 1.29 is 13.6 Å². The zero-order chi connectivity index (χ0) is 14.4. The van der Waals surface area contributed by atoms with E-state index in [2.05, 4.69) is 9.88 Å². The van der Waals surface area contributed by atoms with Gasteiger partial charge in [-0.2, -0.15) is 0 Å². The van der Waals surface area contributed by atoms with E-state index in [4.69, 9.17) is 0 Å². The molecule has 6 heteroatoms. The van der Waals surface area contributed by atoms with Crippen LogP contribution in [0.4, 0.5) is 8.78 Å². The lowest BCUT2D eigenvalue weighted by molar-refractivity contribution is -0.127. The van der Waals surface area contributed by atoms with E-state index in [1.807, 2.05) is 12.1 Å². The van der Waals surface area contributed by atoms with Crippen molar-refractivity contribution in [3.63, 3.8) is 0 Å². The average Bonchev–Trinajstić information content (AvgIpc) is 2.46. The molecule has 0 N–H and O–H groups in total. The van der Waals surface area contributed by atoms with Crippen LogP contribution < -0.4 is 0 Å². The Morgan fingerprint density at radius 3 is 2.50 bits per heavy atom. The molecule has 1 fully saturated rings. The highest BCUT2D eigenvalue weighted by Gasteiger charge is 2.19. The summed E-state index contributed by atoms with van der Waals surface area (Å²) >= 11 is 0. The average molecular weight is 281 g/mol. The van der Waals surface area contributed by atoms with Crippen molar-refractivity contribution in [3.05, 3.63) is 42.2 Å². The third-order valence-electron chi connectivity index (χ3n) is 3.22. The Bertz CT molecular complexity index is 457. The number of halogens is 2. The molecule has 0 atom stereocenters. The number of carbonyl (C=O) groups excluding carboxylic acids is 1. The molecular weight excluding hydrogens is 264 g/mol. The van der Waals surface area contributed by atoms with Gasteiger partial charge in [0.05, 0.1) is 0 Å². The van der Waals surface area contributed by atoms with Gasteiger partial charge in [0, 0.05) is 51.2 Å². The quantitative estimate of drug-likeness (QED) is 0.786. The molecule has 0 bridgehead atoms. The highest BCUT2D eigenvalue weighted by atomic mass is 19.3. The van der Waals surface area contributed by atoms with E-state index < -0.39 is 6.43 Å². The normalized spacial score (nSPS) is 17.1. The van der Waals surface area contributed by atoms with Crippen molar-refractivity contribution in [2.45, 2.75) is 13.0 Å². The highest BCUT2D eigenvalue weighted by molar-refractivity contribution is 5.87. The van der Waals surface area contributed by atoms with Crippen molar-refractivity contribution in [1.29, 1.82) is 0 Å². The van der Waals surface area contributed by atoms with Crippen LogP contribution >= 0.6 is 0 Å². The maximum Gasteiger partial charge on any atom is 0.257 e. The van der Waals surface area contributed by atoms with Gasteiger partial charge in [0.25, 0.3) is 6.43 Å². The largest absolute Gasteiger partial charge is 0.337 e. The minimum Gasteiger partial charge on any atom is -0.337 e. The van der Waals surface area contributed by atoms with Crippen LogP contribution in [-0.4, -0.2) is 53.3 Å². The molecule has 1 aromatic rings. The van der Waals surface area contributed by atoms with Crippen molar-refractivity contribution in [3.8, 4) is 0 Å². The SMILES string of the molecule is O=C(/C=C/C(F)F)N1CCN(Cc2ccncc2)CC1. The van der Waals surface area contributed by atoms with Crippen LogP contribution in [-0.2, 0) is 11.3 Å². The number of alkyl halides is 2. The van der Waals surface area contributed by atoms with Crippen LogP contribution in [0.25, 0.3) is 0 Å². The molecule has 2 rings (SSSR count). The minimum atomic E-state index is -2.58. The molecule has 0 spiro atoms. The van der Waals surface area contributed by atoms with Gasteiger partial charge < -0.3 is 4.90 Å². The molecule has 1 saturated heterocycles. The predicted octanol–water partition coefficient (Wildman–Crippen LogP) is 1.55. The second-order valence-electron chi connectivity index (χ2n) is 4.65. The van der Waals surface area contributed by atoms with Crippen molar-refractivity contribution >= 4 is 5.91 Å². The van der Waals surface area contributed by atoms with Gasteiger partial charge in [-0.3, -0.25) is 14.7 Å². The van der Waals surface area contributed by atoms with Gasteiger partial charge in [-0.05, 0) is 23.8 Å². The van der Waals surface area contributed by atoms with Gasteiger partial charge in [0.1, 0.15) is 0 Å². The summed E-state index contributed by atoms with van der Waals surface area (Å²) < 4.78 is 24.0. The topological polar surface area (TPSA) is 36.4 Å². The second-order valence-corrected chi connectivity index (χ2v) is 4.65. The fraction of sp³-hybridized carbons (Fsp3) is 0.429. The number of pyridine rings is 1. The number of rotatable bonds is 4. The summed E-state index contributed by atoms with van der Waals surface area (Å²) in [4.78, 5) is 19.4. The third-order valence-corrected chi connectivity index (χ3v) is 3.22. The van der Waals surface area contributed by atoms with Crippen LogP contribution in [0.15, 0.2) is 36.7 Å². The van der Waals surface area contributed by atoms with Gasteiger partial charge in [0.2, 0.25) is 5.91 Å². The van der Waals surface area contributed by atoms with Gasteiger partial charge in [0.15, 0.2) is 0 Å². The first-order chi connectivity index (χ1) is 9.65. The van der Waals surface area contributed by atoms with Crippen LogP contribution in [0, 0.1) is 0 Å². The molecule has 1 aliphatic rings. The molecule has 108 valence electrons. The predicted molar refractivity (Wildman–Crippen MR) is 71.2 cm³/mol. The van der Waals surface area contributed by atoms with Crippen molar-refractivity contribution in [2.75, 3.05) is 26.2 Å². The first-order valence-corrected chi connectivity index (χ1v) is 6.51. The second kappa shape index (κ2) is 7.09. The first-order valence-electron chi connectivity index (χ1n) is 6.51. The van der Waals surface area contributed by atoms with Crippen LogP contribution in [0.5, 0.6) is 0 Å². The molecule has 20 heavy (non-hydrogen) atoms. The van der Waals surface area contributed by atoms with E-state index in [1.54, 1.807) is 17.3 Å². The first kappa shape index (κ1) is 14.6. The van der Waals surface area contributed by atoms with E-state index in [1.165, 1.54) is 5.56 Å². The Morgan fingerprint density at radius 1 is 1.25 bits per heavy atom. The van der Waals surface area contributed by atoms with Gasteiger partial charge >= 0.3 is 0 Å². The van der Waals surface area contributed by atoms with Crippen LogP contribution in [0.3, 0.4) is 0 Å². The third kappa shape index (κ3) is 4.38. The lowest BCUT2D eigenvalue weighted by Gasteiger charge is -2.34. The summed E-state index contributed by atoms with van der Waals surface area (Å²) in [6.45, 7) is 3.44. The molecule has 1 aliphatic heterocycles. The molecule has 0 radical (unpaired) electrons. The Hall–Kier alpha value is -1.82. The van der Waals surface area contributed by atoms with E-state index in [0.717, 1.165) is 25.7 Å². The number of nitrogens with zero attached hydrogens (tertiary/aromatic N) is 3. The highest BCUT2D eigenvalue weighted by Crippen LogP contribution is 2.08. The molecule has 0 aliphatic carbocycles. The number of amides is 1. The molecule has 1 amide bonds. The number of allylic oxidation sites excluding steroid dienone is 1. The fourth-order valence-electron chi connectivity index (χ4n) is 2.13. The van der Waals surface area contributed by atoms with E-state index in [9.17, 15) is 13.6 Å². The molecule has 2 heterocycles. The molecular formula is C14H17F2N3O. The van der Waals surface area contributed by atoms with Crippen molar-refractivity contribution in [2.24, 2.45) is 0 Å².